The number of amides is 3. The Hall–Kier alpha value is -3.94. The van der Waals surface area contributed by atoms with Crippen LogP contribution in [0.4, 0.5) is 15.8 Å². The zero-order chi connectivity index (χ0) is 30.4. The minimum atomic E-state index is -0.845. The summed E-state index contributed by atoms with van der Waals surface area (Å²) in [6.45, 7) is -0.330. The summed E-state index contributed by atoms with van der Waals surface area (Å²) in [4.78, 5) is 55.7. The Kier molecular flexibility index (Phi) is 7.88. The third-order valence-electron chi connectivity index (χ3n) is 7.33. The third kappa shape index (κ3) is 5.25. The van der Waals surface area contributed by atoms with Gasteiger partial charge in [0.25, 0.3) is 0 Å². The molecule has 220 valence electrons. The van der Waals surface area contributed by atoms with Crippen LogP contribution in [0.25, 0.3) is 0 Å². The molecule has 2 aliphatic heterocycles. The van der Waals surface area contributed by atoms with Crippen molar-refractivity contribution in [2.24, 2.45) is 5.92 Å². The molecule has 2 aliphatic rings. The maximum atomic E-state index is 14.1. The lowest BCUT2D eigenvalue weighted by Crippen LogP contribution is -2.33. The number of hydrogen-bond donors (Lipinski definition) is 1. The van der Waals surface area contributed by atoms with E-state index in [2.05, 4.69) is 21.2 Å². The molecule has 3 aromatic carbocycles. The first-order chi connectivity index (χ1) is 20.7. The standard InChI is InChI=1S/C30H23BrFN3O6S2/c1-40-20-12-3-15(13-21(20)41-2)23-24-25(28(38)35(27(24)37)19-10-4-16(31)5-11-19)42-29-26(23)43-30(39)34(29)14-22(36)33-18-8-6-17(32)7-9-18/h3-13,23-25H,14H2,1-2H3,(H,33,36)/t23-,24?,25?/m0/s1. The van der Waals surface area contributed by atoms with Crippen LogP contribution in [0.3, 0.4) is 0 Å². The molecular formula is C30H23BrFN3O6S2. The highest BCUT2D eigenvalue weighted by molar-refractivity contribution is 9.10. The van der Waals surface area contributed by atoms with Crippen LogP contribution in [0.15, 0.2) is 81.0 Å². The highest BCUT2D eigenvalue weighted by atomic mass is 79.9. The summed E-state index contributed by atoms with van der Waals surface area (Å²) in [5.41, 5.74) is 1.48. The summed E-state index contributed by atoms with van der Waals surface area (Å²) in [5, 5.41) is 2.28. The quantitative estimate of drug-likeness (QED) is 0.265. The molecule has 1 saturated heterocycles. The molecule has 13 heteroatoms. The molecule has 3 amide bonds. The number of nitrogens with zero attached hydrogens (tertiary/aromatic N) is 2. The van der Waals surface area contributed by atoms with Crippen LogP contribution in [0.2, 0.25) is 0 Å². The molecule has 0 aliphatic carbocycles. The number of methoxy groups -OCH3 is 2. The number of halogens is 2. The number of ether oxygens (including phenoxy) is 2. The molecule has 4 aromatic rings. The van der Waals surface area contributed by atoms with E-state index in [9.17, 15) is 23.6 Å². The fraction of sp³-hybridized carbons (Fsp3) is 0.200. The molecule has 0 saturated carbocycles. The van der Waals surface area contributed by atoms with Crippen molar-refractivity contribution in [3.05, 3.63) is 97.1 Å². The number of aromatic nitrogens is 1. The molecular weight excluding hydrogens is 661 g/mol. The van der Waals surface area contributed by atoms with Gasteiger partial charge in [-0.25, -0.2) is 9.29 Å². The van der Waals surface area contributed by atoms with Gasteiger partial charge in [0, 0.05) is 21.0 Å². The molecule has 1 fully saturated rings. The summed E-state index contributed by atoms with van der Waals surface area (Å²) < 4.78 is 26.4. The maximum Gasteiger partial charge on any atom is 0.308 e. The highest BCUT2D eigenvalue weighted by Crippen LogP contribution is 2.54. The second-order valence-electron chi connectivity index (χ2n) is 9.82. The van der Waals surface area contributed by atoms with E-state index in [0.717, 1.165) is 27.6 Å². The minimum absolute atomic E-state index is 0.330. The number of nitrogens with one attached hydrogen (secondary N) is 1. The normalized spacial score (nSPS) is 19.2. The van der Waals surface area contributed by atoms with Crippen molar-refractivity contribution in [1.82, 2.24) is 4.57 Å². The number of hydrogen-bond acceptors (Lipinski definition) is 8. The number of benzene rings is 3. The third-order valence-corrected chi connectivity index (χ3v) is 10.5. The second-order valence-corrected chi connectivity index (χ2v) is 12.9. The first kappa shape index (κ1) is 29.1. The Morgan fingerprint density at radius 1 is 0.953 bits per heavy atom. The summed E-state index contributed by atoms with van der Waals surface area (Å²) >= 11 is 5.45. The maximum absolute atomic E-state index is 14.1. The summed E-state index contributed by atoms with van der Waals surface area (Å²) in [7, 11) is 3.02. The molecule has 3 atom stereocenters. The summed E-state index contributed by atoms with van der Waals surface area (Å²) in [6, 6.07) is 17.4. The van der Waals surface area contributed by atoms with Crippen molar-refractivity contribution < 1.29 is 28.2 Å². The van der Waals surface area contributed by atoms with Crippen LogP contribution < -0.4 is 24.6 Å². The fourth-order valence-electron chi connectivity index (χ4n) is 5.38. The van der Waals surface area contributed by atoms with Gasteiger partial charge in [-0.1, -0.05) is 45.1 Å². The summed E-state index contributed by atoms with van der Waals surface area (Å²) in [6.07, 6.45) is 0. The minimum Gasteiger partial charge on any atom is -0.493 e. The molecule has 0 radical (unpaired) electrons. The lowest BCUT2D eigenvalue weighted by molar-refractivity contribution is -0.122. The van der Waals surface area contributed by atoms with Crippen LogP contribution in [0.1, 0.15) is 16.4 Å². The fourth-order valence-corrected chi connectivity index (χ4v) is 8.42. The number of fused-ring (bicyclic) bond motifs is 2. The van der Waals surface area contributed by atoms with E-state index >= 15 is 0 Å². The van der Waals surface area contributed by atoms with Crippen LogP contribution >= 0.6 is 39.0 Å². The smallest absolute Gasteiger partial charge is 0.308 e. The van der Waals surface area contributed by atoms with Gasteiger partial charge in [-0.3, -0.25) is 23.7 Å². The van der Waals surface area contributed by atoms with Crippen LogP contribution in [0, 0.1) is 11.7 Å². The Morgan fingerprint density at radius 3 is 2.33 bits per heavy atom. The molecule has 9 nitrogen and oxygen atoms in total. The molecule has 1 aromatic heterocycles. The Balaban J connectivity index is 1.43. The predicted molar refractivity (Wildman–Crippen MR) is 165 cm³/mol. The number of anilines is 2. The lowest BCUT2D eigenvalue weighted by Gasteiger charge is -2.31. The van der Waals surface area contributed by atoms with E-state index in [1.165, 1.54) is 48.0 Å². The second kappa shape index (κ2) is 11.6. The Labute approximate surface area is 261 Å². The van der Waals surface area contributed by atoms with E-state index in [4.69, 9.17) is 9.47 Å². The number of thiazole rings is 1. The monoisotopic (exact) mass is 683 g/mol. The number of thioether (sulfide) groups is 1. The highest BCUT2D eigenvalue weighted by Gasteiger charge is 2.57. The molecule has 0 spiro atoms. The average molecular weight is 685 g/mol. The van der Waals surface area contributed by atoms with Gasteiger partial charge in [0.05, 0.1) is 30.9 Å². The van der Waals surface area contributed by atoms with Gasteiger partial charge in [0.2, 0.25) is 17.7 Å². The van der Waals surface area contributed by atoms with E-state index in [1.54, 1.807) is 42.5 Å². The lowest BCUT2D eigenvalue weighted by atomic mass is 9.83. The van der Waals surface area contributed by atoms with Gasteiger partial charge in [-0.2, -0.15) is 0 Å². The van der Waals surface area contributed by atoms with Gasteiger partial charge >= 0.3 is 4.87 Å². The van der Waals surface area contributed by atoms with Crippen LogP contribution in [-0.4, -0.2) is 41.8 Å². The first-order valence-corrected chi connectivity index (χ1v) is 15.5. The topological polar surface area (TPSA) is 107 Å². The molecule has 2 unspecified atom stereocenters. The van der Waals surface area contributed by atoms with Gasteiger partial charge in [-0.15, -0.1) is 0 Å². The van der Waals surface area contributed by atoms with Crippen LogP contribution in [-0.2, 0) is 20.9 Å². The van der Waals surface area contributed by atoms with Gasteiger partial charge in [0.15, 0.2) is 11.5 Å². The van der Waals surface area contributed by atoms with Gasteiger partial charge in [0.1, 0.15) is 17.6 Å². The van der Waals surface area contributed by atoms with E-state index in [1.807, 2.05) is 0 Å². The molecule has 6 rings (SSSR count). The predicted octanol–water partition coefficient (Wildman–Crippen LogP) is 5.26. The van der Waals surface area contributed by atoms with Crippen molar-refractivity contribution in [3.63, 3.8) is 0 Å². The van der Waals surface area contributed by atoms with E-state index in [-0.39, 0.29) is 12.5 Å². The number of imide groups is 1. The first-order valence-electron chi connectivity index (χ1n) is 13.0. The molecule has 3 heterocycles. The molecule has 43 heavy (non-hydrogen) atoms. The van der Waals surface area contributed by atoms with Crippen molar-refractivity contribution >= 4 is 68.1 Å². The van der Waals surface area contributed by atoms with E-state index < -0.39 is 39.6 Å². The zero-order valence-electron chi connectivity index (χ0n) is 22.7. The number of rotatable bonds is 7. The number of carbonyl (C=O) groups is 3. The molecule has 0 bridgehead atoms. The van der Waals surface area contributed by atoms with Gasteiger partial charge in [-0.05, 0) is 66.2 Å². The SMILES string of the molecule is COc1ccc([C@@H]2c3sc(=O)n(CC(=O)Nc4ccc(F)cc4)c3SC3C(=O)N(c4ccc(Br)cc4)C(=O)C32)cc1OC. The Morgan fingerprint density at radius 2 is 1.65 bits per heavy atom. The average Bonchev–Trinajstić information content (AvgIpc) is 3.44. The van der Waals surface area contributed by atoms with Crippen LogP contribution in [0.5, 0.6) is 11.5 Å². The molecule has 1 N–H and O–H groups in total. The van der Waals surface area contributed by atoms with Crippen molar-refractivity contribution in [2.45, 2.75) is 22.7 Å². The summed E-state index contributed by atoms with van der Waals surface area (Å²) in [5.74, 6) is -2.28. The van der Waals surface area contributed by atoms with E-state index in [0.29, 0.717) is 38.3 Å². The van der Waals surface area contributed by atoms with Crippen molar-refractivity contribution in [3.8, 4) is 11.5 Å². The van der Waals surface area contributed by atoms with Gasteiger partial charge < -0.3 is 14.8 Å². The number of carbonyl (C=O) groups excluding carboxylic acids is 3. The van der Waals surface area contributed by atoms with Crippen molar-refractivity contribution in [2.75, 3.05) is 24.4 Å². The van der Waals surface area contributed by atoms with Crippen molar-refractivity contribution in [1.29, 1.82) is 0 Å². The zero-order valence-corrected chi connectivity index (χ0v) is 25.9. The Bertz CT molecular complexity index is 1810. The largest absolute Gasteiger partial charge is 0.493 e.